The van der Waals surface area contributed by atoms with E-state index in [4.69, 9.17) is 5.11 Å². The number of benzene rings is 1. The van der Waals surface area contributed by atoms with Crippen molar-refractivity contribution in [1.29, 1.82) is 0 Å². The zero-order chi connectivity index (χ0) is 15.3. The van der Waals surface area contributed by atoms with Crippen LogP contribution < -0.4 is 5.32 Å². The Labute approximate surface area is 120 Å². The first-order valence-corrected chi connectivity index (χ1v) is 7.05. The van der Waals surface area contributed by atoms with Crippen LogP contribution in [0.4, 0.5) is 4.39 Å². The quantitative estimate of drug-likeness (QED) is 0.803. The molecule has 0 saturated heterocycles. The molecule has 0 fully saturated rings. The van der Waals surface area contributed by atoms with Gasteiger partial charge in [0.15, 0.2) is 0 Å². The van der Waals surface area contributed by atoms with Gasteiger partial charge in [0.2, 0.25) is 0 Å². The number of hydrogen-bond donors (Lipinski definition) is 2. The minimum Gasteiger partial charge on any atom is -0.478 e. The van der Waals surface area contributed by atoms with E-state index in [9.17, 15) is 9.18 Å². The summed E-state index contributed by atoms with van der Waals surface area (Å²) in [7, 11) is 0. The molecule has 0 aliphatic heterocycles. The van der Waals surface area contributed by atoms with Gasteiger partial charge in [-0.25, -0.2) is 9.18 Å². The zero-order valence-corrected chi connectivity index (χ0v) is 12.6. The van der Waals surface area contributed by atoms with E-state index in [-0.39, 0.29) is 11.4 Å². The van der Waals surface area contributed by atoms with Gasteiger partial charge in [0.1, 0.15) is 5.82 Å². The van der Waals surface area contributed by atoms with Crippen molar-refractivity contribution in [3.8, 4) is 0 Å². The van der Waals surface area contributed by atoms with Crippen molar-refractivity contribution in [2.75, 3.05) is 6.54 Å². The van der Waals surface area contributed by atoms with Gasteiger partial charge >= 0.3 is 5.97 Å². The standard InChI is InChI=1S/C16H24FNO2/c1-10(2)14(11(3)4)9-18-8-13-7-12(16(19)20)5-6-15(13)17/h5-7,10-11,14,18H,8-9H2,1-4H3,(H,19,20). The van der Waals surface area contributed by atoms with Gasteiger partial charge in [-0.1, -0.05) is 27.7 Å². The maximum atomic E-state index is 13.6. The molecule has 1 aromatic carbocycles. The van der Waals surface area contributed by atoms with Crippen molar-refractivity contribution in [3.05, 3.63) is 35.1 Å². The molecule has 0 atom stereocenters. The van der Waals surface area contributed by atoms with Crippen LogP contribution in [0.1, 0.15) is 43.6 Å². The Kier molecular flexibility index (Phi) is 6.14. The van der Waals surface area contributed by atoms with Crippen LogP contribution in [0.15, 0.2) is 18.2 Å². The summed E-state index contributed by atoms with van der Waals surface area (Å²) in [5.41, 5.74) is 0.517. The van der Waals surface area contributed by atoms with Crippen molar-refractivity contribution in [3.63, 3.8) is 0 Å². The normalized spacial score (nSPS) is 11.6. The summed E-state index contributed by atoms with van der Waals surface area (Å²) < 4.78 is 13.6. The minimum absolute atomic E-state index is 0.118. The molecular formula is C16H24FNO2. The average Bonchev–Trinajstić information content (AvgIpc) is 2.35. The van der Waals surface area contributed by atoms with Gasteiger partial charge < -0.3 is 10.4 Å². The molecule has 0 aliphatic rings. The van der Waals surface area contributed by atoms with Crippen molar-refractivity contribution < 1.29 is 14.3 Å². The fraction of sp³-hybridized carbons (Fsp3) is 0.562. The lowest BCUT2D eigenvalue weighted by Gasteiger charge is -2.25. The Balaban J connectivity index is 2.65. The lowest BCUT2D eigenvalue weighted by Crippen LogP contribution is -2.29. The molecule has 0 saturated carbocycles. The van der Waals surface area contributed by atoms with Crippen LogP contribution in [-0.4, -0.2) is 17.6 Å². The average molecular weight is 281 g/mol. The molecule has 2 N–H and O–H groups in total. The van der Waals surface area contributed by atoms with Gasteiger partial charge in [-0.15, -0.1) is 0 Å². The molecule has 0 spiro atoms. The van der Waals surface area contributed by atoms with Crippen LogP contribution in [0.2, 0.25) is 0 Å². The molecule has 0 radical (unpaired) electrons. The van der Waals surface area contributed by atoms with E-state index in [1.165, 1.54) is 18.2 Å². The molecule has 112 valence electrons. The number of halogens is 1. The topological polar surface area (TPSA) is 49.3 Å². The summed E-state index contributed by atoms with van der Waals surface area (Å²) in [6.07, 6.45) is 0. The molecule has 0 aliphatic carbocycles. The Morgan fingerprint density at radius 1 is 1.25 bits per heavy atom. The van der Waals surface area contributed by atoms with E-state index in [2.05, 4.69) is 33.0 Å². The van der Waals surface area contributed by atoms with Crippen molar-refractivity contribution >= 4 is 5.97 Å². The summed E-state index contributed by atoms with van der Waals surface area (Å²) in [5, 5.41) is 12.2. The van der Waals surface area contributed by atoms with Crippen LogP contribution in [0, 0.1) is 23.6 Å². The fourth-order valence-corrected chi connectivity index (χ4v) is 2.46. The van der Waals surface area contributed by atoms with Gasteiger partial charge in [-0.05, 0) is 42.5 Å². The first-order chi connectivity index (χ1) is 9.32. The third-order valence-corrected chi connectivity index (χ3v) is 3.70. The first-order valence-electron chi connectivity index (χ1n) is 7.05. The van der Waals surface area contributed by atoms with Crippen LogP contribution >= 0.6 is 0 Å². The van der Waals surface area contributed by atoms with Gasteiger partial charge in [-0.3, -0.25) is 0 Å². The summed E-state index contributed by atoms with van der Waals surface area (Å²) in [5.74, 6) is 0.220. The second kappa shape index (κ2) is 7.39. The number of aromatic carboxylic acids is 1. The van der Waals surface area contributed by atoms with E-state index < -0.39 is 5.97 Å². The number of carboxylic acid groups (broad SMARTS) is 1. The van der Waals surface area contributed by atoms with E-state index in [0.29, 0.717) is 29.9 Å². The summed E-state index contributed by atoms with van der Waals surface area (Å²) in [6.45, 7) is 9.86. The van der Waals surface area contributed by atoms with Crippen LogP contribution in [0.3, 0.4) is 0 Å². The van der Waals surface area contributed by atoms with Crippen molar-refractivity contribution in [2.24, 2.45) is 17.8 Å². The maximum absolute atomic E-state index is 13.6. The molecule has 20 heavy (non-hydrogen) atoms. The predicted octanol–water partition coefficient (Wildman–Crippen LogP) is 3.54. The van der Waals surface area contributed by atoms with E-state index in [1.54, 1.807) is 0 Å². The zero-order valence-electron chi connectivity index (χ0n) is 12.6. The molecule has 0 heterocycles. The molecule has 3 nitrogen and oxygen atoms in total. The number of carboxylic acids is 1. The summed E-state index contributed by atoms with van der Waals surface area (Å²) in [6, 6.07) is 3.89. The molecular weight excluding hydrogens is 257 g/mol. The van der Waals surface area contributed by atoms with Crippen molar-refractivity contribution in [2.45, 2.75) is 34.2 Å². The van der Waals surface area contributed by atoms with Gasteiger partial charge in [0, 0.05) is 12.1 Å². The number of nitrogens with one attached hydrogen (secondary N) is 1. The Morgan fingerprint density at radius 2 is 1.85 bits per heavy atom. The van der Waals surface area contributed by atoms with Crippen LogP contribution in [0.5, 0.6) is 0 Å². The lowest BCUT2D eigenvalue weighted by atomic mass is 9.85. The lowest BCUT2D eigenvalue weighted by molar-refractivity contribution is 0.0696. The Bertz CT molecular complexity index is 450. The van der Waals surface area contributed by atoms with Gasteiger partial charge in [0.05, 0.1) is 5.56 Å². The highest BCUT2D eigenvalue weighted by Crippen LogP contribution is 2.19. The van der Waals surface area contributed by atoms with E-state index in [1.807, 2.05) is 0 Å². The van der Waals surface area contributed by atoms with Gasteiger partial charge in [0.25, 0.3) is 0 Å². The monoisotopic (exact) mass is 281 g/mol. The second-order valence-corrected chi connectivity index (χ2v) is 5.89. The number of carbonyl (C=O) groups is 1. The summed E-state index contributed by atoms with van der Waals surface area (Å²) >= 11 is 0. The highest BCUT2D eigenvalue weighted by Gasteiger charge is 2.17. The van der Waals surface area contributed by atoms with Gasteiger partial charge in [-0.2, -0.15) is 0 Å². The first kappa shape index (κ1) is 16.6. The highest BCUT2D eigenvalue weighted by atomic mass is 19.1. The number of rotatable bonds is 7. The second-order valence-electron chi connectivity index (χ2n) is 5.89. The molecule has 0 unspecified atom stereocenters. The number of hydrogen-bond acceptors (Lipinski definition) is 2. The largest absolute Gasteiger partial charge is 0.478 e. The molecule has 0 bridgehead atoms. The molecule has 4 heteroatoms. The fourth-order valence-electron chi connectivity index (χ4n) is 2.46. The van der Waals surface area contributed by atoms with E-state index >= 15 is 0 Å². The maximum Gasteiger partial charge on any atom is 0.335 e. The Morgan fingerprint density at radius 3 is 2.35 bits per heavy atom. The third-order valence-electron chi connectivity index (χ3n) is 3.70. The Hall–Kier alpha value is -1.42. The van der Waals surface area contributed by atoms with Crippen LogP contribution in [0.25, 0.3) is 0 Å². The molecule has 1 rings (SSSR count). The molecule has 1 aromatic rings. The molecule has 0 amide bonds. The smallest absolute Gasteiger partial charge is 0.335 e. The molecule has 0 aromatic heterocycles. The SMILES string of the molecule is CC(C)C(CNCc1cc(C(=O)O)ccc1F)C(C)C. The predicted molar refractivity (Wildman–Crippen MR) is 78.2 cm³/mol. The summed E-state index contributed by atoms with van der Waals surface area (Å²) in [4.78, 5) is 10.9. The minimum atomic E-state index is -1.03. The van der Waals surface area contributed by atoms with E-state index in [0.717, 1.165) is 6.54 Å². The van der Waals surface area contributed by atoms with Crippen molar-refractivity contribution in [1.82, 2.24) is 5.32 Å². The third kappa shape index (κ3) is 4.60. The van der Waals surface area contributed by atoms with Crippen LogP contribution in [-0.2, 0) is 6.54 Å². The highest BCUT2D eigenvalue weighted by molar-refractivity contribution is 5.87.